The Bertz CT molecular complexity index is 202. The van der Waals surface area contributed by atoms with Crippen LogP contribution in [-0.2, 0) is 4.79 Å². The first-order chi connectivity index (χ1) is 5.11. The Kier molecular flexibility index (Phi) is 2.09. The number of amidine groups is 1. The summed E-state index contributed by atoms with van der Waals surface area (Å²) in [6.07, 6.45) is -0.920. The molecule has 2 atom stereocenters. The summed E-state index contributed by atoms with van der Waals surface area (Å²) >= 11 is 0. The average Bonchev–Trinajstić information content (AvgIpc) is 1.94. The highest BCUT2D eigenvalue weighted by molar-refractivity contribution is 5.87. The molecule has 11 heavy (non-hydrogen) atoms. The molecule has 0 saturated heterocycles. The number of nitrogens with one attached hydrogen (secondary N) is 1. The molecule has 0 aromatic carbocycles. The molecule has 5 nitrogen and oxygen atoms in total. The van der Waals surface area contributed by atoms with Gasteiger partial charge in [0.1, 0.15) is 6.10 Å². The average molecular weight is 158 g/mol. The molecule has 0 aliphatic carbocycles. The second-order valence-electron chi connectivity index (χ2n) is 2.45. The Balaban J connectivity index is 2.67. The van der Waals surface area contributed by atoms with E-state index < -0.39 is 18.1 Å². The molecule has 3 N–H and O–H groups in total. The monoisotopic (exact) mass is 158 g/mol. The highest BCUT2D eigenvalue weighted by Crippen LogP contribution is 2.00. The van der Waals surface area contributed by atoms with E-state index in [1.807, 2.05) is 0 Å². The molecule has 62 valence electrons. The largest absolute Gasteiger partial charge is 0.480 e. The van der Waals surface area contributed by atoms with Gasteiger partial charge < -0.3 is 15.5 Å². The summed E-state index contributed by atoms with van der Waals surface area (Å²) in [7, 11) is 0. The number of aliphatic carboxylic acids is 1. The standard InChI is InChI=1S/C6H10N2O3/c1-3-7-2-4(9)5(8-3)6(10)11/h4-5,9H,2H2,1H3,(H,7,8)(H,10,11)/t4-,5-/m0/s1. The van der Waals surface area contributed by atoms with Crippen LogP contribution in [0.4, 0.5) is 0 Å². The molecule has 1 rings (SSSR count). The van der Waals surface area contributed by atoms with E-state index in [1.165, 1.54) is 0 Å². The van der Waals surface area contributed by atoms with E-state index in [1.54, 1.807) is 6.92 Å². The molecular weight excluding hydrogens is 148 g/mol. The van der Waals surface area contributed by atoms with Gasteiger partial charge in [-0.2, -0.15) is 0 Å². The Morgan fingerprint density at radius 2 is 2.45 bits per heavy atom. The van der Waals surface area contributed by atoms with Gasteiger partial charge in [-0.3, -0.25) is 4.99 Å². The van der Waals surface area contributed by atoms with E-state index in [2.05, 4.69) is 10.3 Å². The van der Waals surface area contributed by atoms with E-state index in [-0.39, 0.29) is 6.54 Å². The van der Waals surface area contributed by atoms with Crippen molar-refractivity contribution < 1.29 is 15.0 Å². The van der Waals surface area contributed by atoms with Crippen LogP contribution in [-0.4, -0.2) is 40.7 Å². The zero-order valence-corrected chi connectivity index (χ0v) is 6.11. The minimum atomic E-state index is -1.05. The molecule has 0 aromatic heterocycles. The summed E-state index contributed by atoms with van der Waals surface area (Å²) in [4.78, 5) is 14.3. The predicted octanol–water partition coefficient (Wildman–Crippen LogP) is -1.18. The first kappa shape index (κ1) is 8.00. The predicted molar refractivity (Wildman–Crippen MR) is 38.5 cm³/mol. The second kappa shape index (κ2) is 2.87. The van der Waals surface area contributed by atoms with Gasteiger partial charge in [-0.05, 0) is 6.92 Å². The molecular formula is C6H10N2O3. The molecule has 0 saturated carbocycles. The summed E-state index contributed by atoms with van der Waals surface area (Å²) in [6.45, 7) is 1.83. The van der Waals surface area contributed by atoms with Gasteiger partial charge in [-0.1, -0.05) is 0 Å². The maximum absolute atomic E-state index is 10.4. The van der Waals surface area contributed by atoms with Gasteiger partial charge in [-0.15, -0.1) is 0 Å². The van der Waals surface area contributed by atoms with Crippen LogP contribution in [0.3, 0.4) is 0 Å². The lowest BCUT2D eigenvalue weighted by molar-refractivity contribution is -0.141. The lowest BCUT2D eigenvalue weighted by atomic mass is 10.1. The van der Waals surface area contributed by atoms with Crippen molar-refractivity contribution in [3.63, 3.8) is 0 Å². The molecule has 1 aliphatic rings. The van der Waals surface area contributed by atoms with Gasteiger partial charge >= 0.3 is 5.97 Å². The van der Waals surface area contributed by atoms with Crippen molar-refractivity contribution >= 4 is 11.8 Å². The van der Waals surface area contributed by atoms with Crippen molar-refractivity contribution in [3.05, 3.63) is 0 Å². The van der Waals surface area contributed by atoms with E-state index in [0.29, 0.717) is 5.84 Å². The van der Waals surface area contributed by atoms with Crippen LogP contribution in [0.2, 0.25) is 0 Å². The number of carboxylic acids is 1. The molecule has 0 radical (unpaired) electrons. The van der Waals surface area contributed by atoms with Crippen molar-refractivity contribution in [1.29, 1.82) is 0 Å². The van der Waals surface area contributed by atoms with E-state index in [4.69, 9.17) is 10.2 Å². The molecule has 0 amide bonds. The molecule has 0 bridgehead atoms. The third-order valence-electron chi connectivity index (χ3n) is 1.53. The summed E-state index contributed by atoms with van der Waals surface area (Å²) in [6, 6.07) is -0.910. The van der Waals surface area contributed by atoms with Crippen LogP contribution in [0.15, 0.2) is 4.99 Å². The number of carboxylic acid groups (broad SMARTS) is 1. The molecule has 0 fully saturated rings. The Morgan fingerprint density at radius 1 is 1.82 bits per heavy atom. The third kappa shape index (κ3) is 1.68. The van der Waals surface area contributed by atoms with Crippen molar-refractivity contribution in [2.24, 2.45) is 4.99 Å². The maximum Gasteiger partial charge on any atom is 0.328 e. The number of carbonyl (C=O) groups is 1. The summed E-state index contributed by atoms with van der Waals surface area (Å²) in [5.41, 5.74) is 0. The number of rotatable bonds is 1. The van der Waals surface area contributed by atoms with E-state index >= 15 is 0 Å². The normalized spacial score (nSPS) is 30.5. The van der Waals surface area contributed by atoms with Crippen molar-refractivity contribution in [2.75, 3.05) is 6.54 Å². The lowest BCUT2D eigenvalue weighted by Crippen LogP contribution is -2.52. The molecule has 0 spiro atoms. The second-order valence-corrected chi connectivity index (χ2v) is 2.45. The van der Waals surface area contributed by atoms with E-state index in [9.17, 15) is 4.79 Å². The van der Waals surface area contributed by atoms with Gasteiger partial charge in [-0.25, -0.2) is 4.79 Å². The fourth-order valence-electron chi connectivity index (χ4n) is 0.929. The van der Waals surface area contributed by atoms with Crippen molar-refractivity contribution in [1.82, 2.24) is 5.32 Å². The van der Waals surface area contributed by atoms with Gasteiger partial charge in [0.05, 0.1) is 12.4 Å². The van der Waals surface area contributed by atoms with Gasteiger partial charge in [0, 0.05) is 0 Å². The Hall–Kier alpha value is -1.10. The summed E-state index contributed by atoms with van der Waals surface area (Å²) in [5, 5.41) is 20.2. The zero-order chi connectivity index (χ0) is 8.43. The van der Waals surface area contributed by atoms with Crippen molar-refractivity contribution in [3.8, 4) is 0 Å². The smallest absolute Gasteiger partial charge is 0.328 e. The fraction of sp³-hybridized carbons (Fsp3) is 0.667. The Morgan fingerprint density at radius 3 is 2.91 bits per heavy atom. The fourth-order valence-corrected chi connectivity index (χ4v) is 0.929. The first-order valence-corrected chi connectivity index (χ1v) is 3.29. The maximum atomic E-state index is 10.4. The molecule has 0 aromatic rings. The highest BCUT2D eigenvalue weighted by atomic mass is 16.4. The van der Waals surface area contributed by atoms with Crippen LogP contribution >= 0.6 is 0 Å². The van der Waals surface area contributed by atoms with Crippen LogP contribution in [0.1, 0.15) is 6.92 Å². The number of nitrogens with zero attached hydrogens (tertiary/aromatic N) is 1. The van der Waals surface area contributed by atoms with Crippen LogP contribution in [0.5, 0.6) is 0 Å². The quantitative estimate of drug-likeness (QED) is 0.448. The number of hydrogen-bond acceptors (Lipinski definition) is 4. The summed E-state index contributed by atoms with van der Waals surface area (Å²) < 4.78 is 0. The molecule has 5 heteroatoms. The Labute approximate surface area is 63.8 Å². The minimum Gasteiger partial charge on any atom is -0.480 e. The SMILES string of the molecule is CC1=NC[C@H](O)[C@@H](C(=O)O)N1. The molecule has 1 aliphatic heterocycles. The van der Waals surface area contributed by atoms with Gasteiger partial charge in [0.2, 0.25) is 0 Å². The number of aliphatic hydroxyl groups excluding tert-OH is 1. The number of aliphatic imine (C=N–C) groups is 1. The number of aliphatic hydroxyl groups is 1. The zero-order valence-electron chi connectivity index (χ0n) is 6.11. The van der Waals surface area contributed by atoms with E-state index in [0.717, 1.165) is 0 Å². The topological polar surface area (TPSA) is 81.9 Å². The number of hydrogen-bond donors (Lipinski definition) is 3. The van der Waals surface area contributed by atoms with Gasteiger partial charge in [0.15, 0.2) is 6.04 Å². The molecule has 1 heterocycles. The van der Waals surface area contributed by atoms with Crippen molar-refractivity contribution in [2.45, 2.75) is 19.1 Å². The van der Waals surface area contributed by atoms with Crippen LogP contribution in [0, 0.1) is 0 Å². The molecule has 0 unspecified atom stereocenters. The van der Waals surface area contributed by atoms with Crippen LogP contribution in [0.25, 0.3) is 0 Å². The lowest BCUT2D eigenvalue weighted by Gasteiger charge is -2.24. The highest BCUT2D eigenvalue weighted by Gasteiger charge is 2.28. The first-order valence-electron chi connectivity index (χ1n) is 3.29. The third-order valence-corrected chi connectivity index (χ3v) is 1.53. The minimum absolute atomic E-state index is 0.163. The van der Waals surface area contributed by atoms with Crippen LogP contribution < -0.4 is 5.32 Å². The summed E-state index contributed by atoms with van der Waals surface area (Å²) in [5.74, 6) is -0.491. The van der Waals surface area contributed by atoms with Gasteiger partial charge in [0.25, 0.3) is 0 Å².